The molecule has 0 spiro atoms. The summed E-state index contributed by atoms with van der Waals surface area (Å²) in [5.41, 5.74) is 0.333. The number of carbonyl (C=O) groups is 2. The van der Waals surface area contributed by atoms with Gasteiger partial charge in [0, 0.05) is 6.04 Å². The van der Waals surface area contributed by atoms with Gasteiger partial charge in [0.25, 0.3) is 5.91 Å². The number of aryl methyl sites for hydroxylation is 1. The number of thioether (sulfide) groups is 1. The second kappa shape index (κ2) is 9.03. The number of imide groups is 1. The first-order valence-electron chi connectivity index (χ1n) is 9.11. The molecule has 0 atom stereocenters. The Labute approximate surface area is 162 Å². The minimum absolute atomic E-state index is 0.103. The molecule has 1 aliphatic rings. The summed E-state index contributed by atoms with van der Waals surface area (Å²) in [5, 5.41) is 11.5. The molecule has 1 saturated carbocycles. The molecule has 1 heterocycles. The Morgan fingerprint density at radius 3 is 2.70 bits per heavy atom. The SMILES string of the molecule is COc1ccccc1C(=O)NC(=O)CSc1nnc(C)n1C1CCCCC1. The molecule has 2 amide bonds. The van der Waals surface area contributed by atoms with Crippen LogP contribution in [0.25, 0.3) is 0 Å². The number of nitrogens with zero attached hydrogens (tertiary/aromatic N) is 3. The van der Waals surface area contributed by atoms with E-state index in [-0.39, 0.29) is 11.7 Å². The van der Waals surface area contributed by atoms with E-state index in [0.717, 1.165) is 23.8 Å². The van der Waals surface area contributed by atoms with Gasteiger partial charge in [-0.2, -0.15) is 0 Å². The lowest BCUT2D eigenvalue weighted by molar-refractivity contribution is -0.117. The maximum absolute atomic E-state index is 12.3. The quantitative estimate of drug-likeness (QED) is 0.765. The van der Waals surface area contributed by atoms with Gasteiger partial charge in [-0.05, 0) is 31.9 Å². The predicted octanol–water partition coefficient (Wildman–Crippen LogP) is 3.15. The Morgan fingerprint density at radius 2 is 1.96 bits per heavy atom. The van der Waals surface area contributed by atoms with E-state index < -0.39 is 5.91 Å². The molecule has 8 heteroatoms. The Bertz CT molecular complexity index is 815. The summed E-state index contributed by atoms with van der Waals surface area (Å²) in [4.78, 5) is 24.6. The number of carbonyl (C=O) groups excluding carboxylic acids is 2. The first-order valence-corrected chi connectivity index (χ1v) is 10.1. The third kappa shape index (κ3) is 4.68. The summed E-state index contributed by atoms with van der Waals surface area (Å²) in [7, 11) is 1.49. The molecule has 1 aromatic carbocycles. The standard InChI is InChI=1S/C19H24N4O3S/c1-13-21-22-19(23(13)14-8-4-3-5-9-14)27-12-17(24)20-18(25)15-10-6-7-11-16(15)26-2/h6-7,10-11,14H,3-5,8-9,12H2,1-2H3,(H,20,24,25). The zero-order valence-electron chi connectivity index (χ0n) is 15.6. The van der Waals surface area contributed by atoms with Crippen molar-refractivity contribution in [1.82, 2.24) is 20.1 Å². The van der Waals surface area contributed by atoms with Crippen molar-refractivity contribution in [2.45, 2.75) is 50.2 Å². The van der Waals surface area contributed by atoms with Crippen molar-refractivity contribution in [2.24, 2.45) is 0 Å². The van der Waals surface area contributed by atoms with E-state index in [1.54, 1.807) is 24.3 Å². The second-order valence-electron chi connectivity index (χ2n) is 6.56. The normalized spacial score (nSPS) is 14.7. The van der Waals surface area contributed by atoms with Gasteiger partial charge >= 0.3 is 0 Å². The van der Waals surface area contributed by atoms with Crippen LogP contribution in [0.4, 0.5) is 0 Å². The fraction of sp³-hybridized carbons (Fsp3) is 0.474. The van der Waals surface area contributed by atoms with E-state index in [1.807, 2.05) is 6.92 Å². The molecule has 144 valence electrons. The van der Waals surface area contributed by atoms with Crippen LogP contribution in [0.1, 0.15) is 54.3 Å². The number of nitrogens with one attached hydrogen (secondary N) is 1. The molecule has 0 saturated heterocycles. The van der Waals surface area contributed by atoms with Crippen LogP contribution in [0.3, 0.4) is 0 Å². The van der Waals surface area contributed by atoms with Gasteiger partial charge in [-0.25, -0.2) is 0 Å². The van der Waals surface area contributed by atoms with Crippen molar-refractivity contribution in [3.05, 3.63) is 35.7 Å². The Kier molecular flexibility index (Phi) is 6.49. The molecule has 0 unspecified atom stereocenters. The van der Waals surface area contributed by atoms with E-state index in [9.17, 15) is 9.59 Å². The summed E-state index contributed by atoms with van der Waals surface area (Å²) in [5.74, 6) is 0.568. The van der Waals surface area contributed by atoms with Crippen molar-refractivity contribution >= 4 is 23.6 Å². The largest absolute Gasteiger partial charge is 0.496 e. The van der Waals surface area contributed by atoms with Gasteiger partial charge in [0.15, 0.2) is 5.16 Å². The number of methoxy groups -OCH3 is 1. The fourth-order valence-corrected chi connectivity index (χ4v) is 4.25. The van der Waals surface area contributed by atoms with E-state index in [4.69, 9.17) is 4.74 Å². The van der Waals surface area contributed by atoms with Crippen LogP contribution in [0.15, 0.2) is 29.4 Å². The van der Waals surface area contributed by atoms with Crippen LogP contribution in [-0.2, 0) is 4.79 Å². The average Bonchev–Trinajstić information content (AvgIpc) is 3.07. The van der Waals surface area contributed by atoms with Crippen molar-refractivity contribution in [1.29, 1.82) is 0 Å². The van der Waals surface area contributed by atoms with Crippen molar-refractivity contribution in [2.75, 3.05) is 12.9 Å². The molecule has 0 bridgehead atoms. The molecule has 1 aromatic heterocycles. The second-order valence-corrected chi connectivity index (χ2v) is 7.50. The highest BCUT2D eigenvalue weighted by Crippen LogP contribution is 2.32. The van der Waals surface area contributed by atoms with E-state index in [2.05, 4.69) is 20.1 Å². The van der Waals surface area contributed by atoms with Crippen molar-refractivity contribution in [3.63, 3.8) is 0 Å². The van der Waals surface area contributed by atoms with Crippen LogP contribution in [0, 0.1) is 6.92 Å². The zero-order valence-corrected chi connectivity index (χ0v) is 16.4. The lowest BCUT2D eigenvalue weighted by Crippen LogP contribution is -2.32. The maximum Gasteiger partial charge on any atom is 0.261 e. The number of aromatic nitrogens is 3. The van der Waals surface area contributed by atoms with E-state index in [1.165, 1.54) is 38.1 Å². The average molecular weight is 388 g/mol. The molecule has 1 fully saturated rings. The number of benzene rings is 1. The third-order valence-electron chi connectivity index (χ3n) is 4.71. The zero-order chi connectivity index (χ0) is 19.2. The number of rotatable bonds is 6. The first kappa shape index (κ1) is 19.4. The van der Waals surface area contributed by atoms with Gasteiger partial charge in [0.05, 0.1) is 18.4 Å². The monoisotopic (exact) mass is 388 g/mol. The van der Waals surface area contributed by atoms with Crippen LogP contribution >= 0.6 is 11.8 Å². The lowest BCUT2D eigenvalue weighted by Gasteiger charge is -2.24. The highest BCUT2D eigenvalue weighted by Gasteiger charge is 2.22. The van der Waals surface area contributed by atoms with Gasteiger partial charge in [-0.3, -0.25) is 14.9 Å². The molecule has 3 rings (SSSR count). The fourth-order valence-electron chi connectivity index (χ4n) is 3.40. The molecule has 27 heavy (non-hydrogen) atoms. The van der Waals surface area contributed by atoms with Crippen molar-refractivity contribution in [3.8, 4) is 5.75 Å². The summed E-state index contributed by atoms with van der Waals surface area (Å²) < 4.78 is 7.30. The summed E-state index contributed by atoms with van der Waals surface area (Å²) in [6.45, 7) is 1.94. The number of hydrogen-bond acceptors (Lipinski definition) is 6. The van der Waals surface area contributed by atoms with Crippen LogP contribution in [-0.4, -0.2) is 39.4 Å². The van der Waals surface area contributed by atoms with Gasteiger partial charge in [0.1, 0.15) is 11.6 Å². The Hall–Kier alpha value is -2.35. The number of amides is 2. The summed E-state index contributed by atoms with van der Waals surface area (Å²) in [6.07, 6.45) is 5.92. The first-order chi connectivity index (χ1) is 13.1. The molecular formula is C19H24N4O3S. The van der Waals surface area contributed by atoms with Gasteiger partial charge < -0.3 is 9.30 Å². The smallest absolute Gasteiger partial charge is 0.261 e. The molecule has 1 aliphatic carbocycles. The van der Waals surface area contributed by atoms with E-state index in [0.29, 0.717) is 17.4 Å². The summed E-state index contributed by atoms with van der Waals surface area (Å²) in [6, 6.07) is 7.20. The topological polar surface area (TPSA) is 86.1 Å². The molecule has 0 aliphatic heterocycles. The minimum Gasteiger partial charge on any atom is -0.496 e. The highest BCUT2D eigenvalue weighted by atomic mass is 32.2. The number of para-hydroxylation sites is 1. The van der Waals surface area contributed by atoms with Crippen LogP contribution < -0.4 is 10.1 Å². The lowest BCUT2D eigenvalue weighted by atomic mass is 9.95. The summed E-state index contributed by atoms with van der Waals surface area (Å²) >= 11 is 1.31. The number of hydrogen-bond donors (Lipinski definition) is 1. The Morgan fingerprint density at radius 1 is 1.22 bits per heavy atom. The molecule has 2 aromatic rings. The van der Waals surface area contributed by atoms with Gasteiger partial charge in [-0.15, -0.1) is 10.2 Å². The van der Waals surface area contributed by atoms with Crippen molar-refractivity contribution < 1.29 is 14.3 Å². The third-order valence-corrected chi connectivity index (χ3v) is 5.65. The molecule has 1 N–H and O–H groups in total. The molecule has 7 nitrogen and oxygen atoms in total. The van der Waals surface area contributed by atoms with Crippen LogP contribution in [0.2, 0.25) is 0 Å². The molecular weight excluding hydrogens is 364 g/mol. The number of ether oxygens (including phenoxy) is 1. The van der Waals surface area contributed by atoms with Crippen LogP contribution in [0.5, 0.6) is 5.75 Å². The Balaban J connectivity index is 1.60. The molecule has 0 radical (unpaired) electrons. The minimum atomic E-state index is -0.469. The predicted molar refractivity (Wildman–Crippen MR) is 103 cm³/mol. The van der Waals surface area contributed by atoms with Gasteiger partial charge in [0.2, 0.25) is 5.91 Å². The van der Waals surface area contributed by atoms with Gasteiger partial charge in [-0.1, -0.05) is 43.2 Å². The highest BCUT2D eigenvalue weighted by molar-refractivity contribution is 7.99. The maximum atomic E-state index is 12.3. The van der Waals surface area contributed by atoms with E-state index >= 15 is 0 Å².